The lowest BCUT2D eigenvalue weighted by Gasteiger charge is -2.21. The first kappa shape index (κ1) is 17.6. The topological polar surface area (TPSA) is 53.9 Å². The highest BCUT2D eigenvalue weighted by Gasteiger charge is 2.36. The van der Waals surface area contributed by atoms with Crippen molar-refractivity contribution in [2.75, 3.05) is 33.8 Å². The normalized spacial score (nSPS) is 21.4. The third-order valence-electron chi connectivity index (χ3n) is 4.24. The molecule has 1 saturated heterocycles. The van der Waals surface area contributed by atoms with Crippen LogP contribution in [0.4, 0.5) is 0 Å². The van der Waals surface area contributed by atoms with Gasteiger partial charge in [-0.15, -0.1) is 0 Å². The molecule has 6 heteroatoms. The highest BCUT2D eigenvalue weighted by Crippen LogP contribution is 2.24. The van der Waals surface area contributed by atoms with Crippen molar-refractivity contribution in [3.05, 3.63) is 34.9 Å². The molecule has 1 N–H and O–H groups in total. The Morgan fingerprint density at radius 2 is 2.09 bits per heavy atom. The number of esters is 1. The molecule has 23 heavy (non-hydrogen) atoms. The fraction of sp³-hybridized carbons (Fsp3) is 0.529. The van der Waals surface area contributed by atoms with Crippen LogP contribution in [0.3, 0.4) is 0 Å². The van der Waals surface area contributed by atoms with E-state index in [4.69, 9.17) is 16.3 Å². The zero-order chi connectivity index (χ0) is 16.8. The monoisotopic (exact) mass is 337 g/mol. The third-order valence-corrected chi connectivity index (χ3v) is 4.49. The molecule has 1 heterocycles. The van der Waals surface area contributed by atoms with Gasteiger partial charge in [-0.3, -0.25) is 9.79 Å². The highest BCUT2D eigenvalue weighted by atomic mass is 35.5. The summed E-state index contributed by atoms with van der Waals surface area (Å²) in [4.78, 5) is 18.2. The van der Waals surface area contributed by atoms with Crippen molar-refractivity contribution < 1.29 is 9.53 Å². The molecule has 0 aromatic heterocycles. The number of carbonyl (C=O) groups excluding carboxylic acids is 1. The van der Waals surface area contributed by atoms with Crippen LogP contribution in [0.15, 0.2) is 29.3 Å². The Hall–Kier alpha value is -1.75. The Bertz CT molecular complexity index is 559. The second kappa shape index (κ2) is 8.20. The van der Waals surface area contributed by atoms with E-state index in [1.54, 1.807) is 7.05 Å². The number of benzene rings is 1. The number of hydrogen-bond donors (Lipinski definition) is 1. The summed E-state index contributed by atoms with van der Waals surface area (Å²) < 4.78 is 4.88. The van der Waals surface area contributed by atoms with E-state index in [0.717, 1.165) is 30.5 Å². The summed E-state index contributed by atoms with van der Waals surface area (Å²) in [7, 11) is 3.21. The number of carbonyl (C=O) groups is 1. The summed E-state index contributed by atoms with van der Waals surface area (Å²) in [6.07, 6.45) is 0.889. The SMILES string of the molecule is CN=C(NCCc1ccc(Cl)cc1)N1CC(C)C(C(=O)OC)C1. The molecule has 1 aromatic rings. The maximum absolute atomic E-state index is 11.8. The molecular formula is C17H24ClN3O2. The molecule has 2 atom stereocenters. The van der Waals surface area contributed by atoms with Gasteiger partial charge in [0.05, 0.1) is 13.0 Å². The van der Waals surface area contributed by atoms with Gasteiger partial charge in [-0.2, -0.15) is 0 Å². The third kappa shape index (κ3) is 4.61. The lowest BCUT2D eigenvalue weighted by molar-refractivity contribution is -0.145. The molecule has 1 aliphatic heterocycles. The number of likely N-dealkylation sites (tertiary alicyclic amines) is 1. The van der Waals surface area contributed by atoms with E-state index in [0.29, 0.717) is 6.54 Å². The maximum atomic E-state index is 11.8. The van der Waals surface area contributed by atoms with Crippen LogP contribution in [0.25, 0.3) is 0 Å². The summed E-state index contributed by atoms with van der Waals surface area (Å²) in [6, 6.07) is 7.85. The van der Waals surface area contributed by atoms with E-state index in [1.807, 2.05) is 24.3 Å². The standard InChI is InChI=1S/C17H24ClN3O2/c1-12-10-21(11-15(12)16(22)23-3)17(19-2)20-9-8-13-4-6-14(18)7-5-13/h4-7,12,15H,8-11H2,1-3H3,(H,19,20). The van der Waals surface area contributed by atoms with Gasteiger partial charge in [-0.1, -0.05) is 30.7 Å². The summed E-state index contributed by atoms with van der Waals surface area (Å²) in [5.74, 6) is 0.862. The average molecular weight is 338 g/mol. The largest absolute Gasteiger partial charge is 0.469 e. The first-order chi connectivity index (χ1) is 11.0. The molecule has 0 amide bonds. The van der Waals surface area contributed by atoms with E-state index < -0.39 is 0 Å². The summed E-state index contributed by atoms with van der Waals surface area (Å²) in [5.41, 5.74) is 1.22. The molecule has 0 saturated carbocycles. The number of nitrogens with one attached hydrogen (secondary N) is 1. The van der Waals surface area contributed by atoms with Crippen molar-refractivity contribution in [3.63, 3.8) is 0 Å². The predicted octanol–water partition coefficient (Wildman–Crippen LogP) is 2.20. The summed E-state index contributed by atoms with van der Waals surface area (Å²) in [6.45, 7) is 4.31. The number of guanidine groups is 1. The zero-order valence-electron chi connectivity index (χ0n) is 13.9. The van der Waals surface area contributed by atoms with Crippen LogP contribution < -0.4 is 5.32 Å². The molecular weight excluding hydrogens is 314 g/mol. The van der Waals surface area contributed by atoms with E-state index in [9.17, 15) is 4.79 Å². The minimum absolute atomic E-state index is 0.0881. The molecule has 0 aliphatic carbocycles. The van der Waals surface area contributed by atoms with Crippen molar-refractivity contribution >= 4 is 23.5 Å². The second-order valence-corrected chi connectivity index (χ2v) is 6.30. The molecule has 2 unspecified atom stereocenters. The molecule has 1 aromatic carbocycles. The number of rotatable bonds is 4. The van der Waals surface area contributed by atoms with Gasteiger partial charge < -0.3 is 15.0 Å². The summed E-state index contributed by atoms with van der Waals surface area (Å²) >= 11 is 5.89. The van der Waals surface area contributed by atoms with E-state index in [-0.39, 0.29) is 17.8 Å². The fourth-order valence-corrected chi connectivity index (χ4v) is 3.03. The highest BCUT2D eigenvalue weighted by molar-refractivity contribution is 6.30. The first-order valence-corrected chi connectivity index (χ1v) is 8.20. The van der Waals surface area contributed by atoms with Crippen molar-refractivity contribution in [2.45, 2.75) is 13.3 Å². The Balaban J connectivity index is 1.86. The molecule has 0 spiro atoms. The molecule has 126 valence electrons. The minimum Gasteiger partial charge on any atom is -0.469 e. The van der Waals surface area contributed by atoms with Crippen LogP contribution in [-0.4, -0.2) is 50.6 Å². The maximum Gasteiger partial charge on any atom is 0.310 e. The van der Waals surface area contributed by atoms with E-state index >= 15 is 0 Å². The second-order valence-electron chi connectivity index (χ2n) is 5.86. The van der Waals surface area contributed by atoms with Gasteiger partial charge in [-0.25, -0.2) is 0 Å². The molecule has 1 fully saturated rings. The Morgan fingerprint density at radius 3 is 2.70 bits per heavy atom. The fourth-order valence-electron chi connectivity index (χ4n) is 2.90. The smallest absolute Gasteiger partial charge is 0.310 e. The van der Waals surface area contributed by atoms with Crippen LogP contribution in [-0.2, 0) is 16.0 Å². The molecule has 5 nitrogen and oxygen atoms in total. The van der Waals surface area contributed by atoms with Gasteiger partial charge in [0.1, 0.15) is 0 Å². The van der Waals surface area contributed by atoms with Crippen molar-refractivity contribution in [1.29, 1.82) is 0 Å². The average Bonchev–Trinajstić information content (AvgIpc) is 2.94. The van der Waals surface area contributed by atoms with Crippen molar-refractivity contribution in [1.82, 2.24) is 10.2 Å². The van der Waals surface area contributed by atoms with Gasteiger partial charge >= 0.3 is 5.97 Å². The van der Waals surface area contributed by atoms with Crippen molar-refractivity contribution in [2.24, 2.45) is 16.8 Å². The number of aliphatic imine (C=N–C) groups is 1. The minimum atomic E-state index is -0.142. The predicted molar refractivity (Wildman–Crippen MR) is 92.8 cm³/mol. The number of halogens is 1. The number of ether oxygens (including phenoxy) is 1. The van der Waals surface area contributed by atoms with Crippen LogP contribution >= 0.6 is 11.6 Å². The molecule has 1 aliphatic rings. The van der Waals surface area contributed by atoms with Gasteiger partial charge in [0.25, 0.3) is 0 Å². The van der Waals surface area contributed by atoms with E-state index in [1.165, 1.54) is 12.7 Å². The summed E-state index contributed by atoms with van der Waals surface area (Å²) in [5, 5.41) is 4.11. The lowest BCUT2D eigenvalue weighted by atomic mass is 9.99. The number of hydrogen-bond acceptors (Lipinski definition) is 3. The lowest BCUT2D eigenvalue weighted by Crippen LogP contribution is -2.41. The van der Waals surface area contributed by atoms with Gasteiger partial charge in [0.2, 0.25) is 0 Å². The molecule has 0 radical (unpaired) electrons. The molecule has 0 bridgehead atoms. The van der Waals surface area contributed by atoms with Gasteiger partial charge in [0.15, 0.2) is 5.96 Å². The Labute approximate surface area is 142 Å². The van der Waals surface area contributed by atoms with Gasteiger partial charge in [0, 0.05) is 31.7 Å². The Morgan fingerprint density at radius 1 is 1.39 bits per heavy atom. The number of nitrogens with zero attached hydrogens (tertiary/aromatic N) is 2. The van der Waals surface area contributed by atoms with Crippen LogP contribution in [0, 0.1) is 11.8 Å². The van der Waals surface area contributed by atoms with Gasteiger partial charge in [-0.05, 0) is 30.0 Å². The molecule has 2 rings (SSSR count). The van der Waals surface area contributed by atoms with Crippen molar-refractivity contribution in [3.8, 4) is 0 Å². The van der Waals surface area contributed by atoms with Crippen LogP contribution in [0.2, 0.25) is 5.02 Å². The van der Waals surface area contributed by atoms with Crippen LogP contribution in [0.1, 0.15) is 12.5 Å². The quantitative estimate of drug-likeness (QED) is 0.520. The Kier molecular flexibility index (Phi) is 6.28. The van der Waals surface area contributed by atoms with Crippen LogP contribution in [0.5, 0.6) is 0 Å². The zero-order valence-corrected chi connectivity index (χ0v) is 14.6. The van der Waals surface area contributed by atoms with E-state index in [2.05, 4.69) is 22.1 Å². The first-order valence-electron chi connectivity index (χ1n) is 7.83. The number of methoxy groups -OCH3 is 1.